The van der Waals surface area contributed by atoms with E-state index in [2.05, 4.69) is 10.6 Å². The third-order valence-electron chi connectivity index (χ3n) is 7.34. The maximum atomic E-state index is 13.3. The molecule has 6 rings (SSSR count). The Bertz CT molecular complexity index is 1600. The van der Waals surface area contributed by atoms with Gasteiger partial charge in [0.15, 0.2) is 0 Å². The average Bonchev–Trinajstić information content (AvgIpc) is 3.38. The Hall–Kier alpha value is -4.13. The smallest absolute Gasteiger partial charge is 0.347 e. The number of carbonyl (C=O) groups is 3. The minimum absolute atomic E-state index is 0.118. The molecule has 1 atom stereocenters. The van der Waals surface area contributed by atoms with Gasteiger partial charge in [-0.25, -0.2) is 9.59 Å². The molecule has 182 valence electrons. The molecule has 0 aliphatic carbocycles. The molecule has 36 heavy (non-hydrogen) atoms. The molecule has 7 heteroatoms. The molecule has 7 nitrogen and oxygen atoms in total. The predicted molar refractivity (Wildman–Crippen MR) is 136 cm³/mol. The van der Waals surface area contributed by atoms with Crippen molar-refractivity contribution in [3.8, 4) is 0 Å². The summed E-state index contributed by atoms with van der Waals surface area (Å²) >= 11 is 0. The number of nitrogens with zero attached hydrogens (tertiary/aromatic N) is 2. The predicted octanol–water partition coefficient (Wildman–Crippen LogP) is 4.64. The third-order valence-corrected chi connectivity index (χ3v) is 7.34. The highest BCUT2D eigenvalue weighted by Gasteiger charge is 2.40. The van der Waals surface area contributed by atoms with Crippen molar-refractivity contribution in [2.24, 2.45) is 13.0 Å². The topological polar surface area (TPSA) is 79.5 Å². The van der Waals surface area contributed by atoms with Crippen molar-refractivity contribution < 1.29 is 23.9 Å². The van der Waals surface area contributed by atoms with E-state index in [0.29, 0.717) is 29.7 Å². The van der Waals surface area contributed by atoms with Crippen LogP contribution in [0.5, 0.6) is 0 Å². The number of benzene rings is 2. The minimum Gasteiger partial charge on any atom is -0.466 e. The molecule has 4 aromatic rings. The maximum absolute atomic E-state index is 13.3. The van der Waals surface area contributed by atoms with Crippen molar-refractivity contribution in [1.82, 2.24) is 9.13 Å². The molecule has 0 saturated heterocycles. The first-order valence-electron chi connectivity index (χ1n) is 12.2. The van der Waals surface area contributed by atoms with Crippen LogP contribution in [0.4, 0.5) is 0 Å². The Morgan fingerprint density at radius 2 is 1.69 bits per heavy atom. The maximum Gasteiger partial charge on any atom is 0.347 e. The van der Waals surface area contributed by atoms with Crippen LogP contribution in [0.2, 0.25) is 0 Å². The lowest BCUT2D eigenvalue weighted by molar-refractivity contribution is -0.149. The molecule has 0 N–H and O–H groups in total. The van der Waals surface area contributed by atoms with Crippen LogP contribution < -0.4 is 0 Å². The fourth-order valence-electron chi connectivity index (χ4n) is 5.80. The molecule has 0 fully saturated rings. The van der Waals surface area contributed by atoms with Gasteiger partial charge in [-0.15, -0.1) is 0 Å². The molecule has 1 unspecified atom stereocenters. The summed E-state index contributed by atoms with van der Waals surface area (Å²) in [6.07, 6.45) is 4.35. The fourth-order valence-corrected chi connectivity index (χ4v) is 5.80. The molecule has 0 bridgehead atoms. The van der Waals surface area contributed by atoms with E-state index < -0.39 is 11.9 Å². The zero-order chi connectivity index (χ0) is 25.0. The summed E-state index contributed by atoms with van der Waals surface area (Å²) in [6.45, 7) is 2.53. The van der Waals surface area contributed by atoms with Crippen LogP contribution in [0.15, 0.2) is 54.7 Å². The number of cyclic esters (lactones) is 2. The number of esters is 3. The van der Waals surface area contributed by atoms with Crippen molar-refractivity contribution in [2.75, 3.05) is 6.61 Å². The summed E-state index contributed by atoms with van der Waals surface area (Å²) in [5.41, 5.74) is 5.02. The Kier molecular flexibility index (Phi) is 5.29. The molecular formula is C29H26N2O5. The lowest BCUT2D eigenvalue weighted by Gasteiger charge is -2.15. The van der Waals surface area contributed by atoms with Gasteiger partial charge in [-0.2, -0.15) is 0 Å². The van der Waals surface area contributed by atoms with Crippen LogP contribution in [0.3, 0.4) is 0 Å². The van der Waals surface area contributed by atoms with Crippen molar-refractivity contribution in [3.05, 3.63) is 71.5 Å². The Morgan fingerprint density at radius 3 is 2.47 bits per heavy atom. The van der Waals surface area contributed by atoms with Crippen molar-refractivity contribution in [3.63, 3.8) is 0 Å². The van der Waals surface area contributed by atoms with Crippen LogP contribution in [-0.4, -0.2) is 33.6 Å². The Morgan fingerprint density at radius 1 is 1.00 bits per heavy atom. The molecule has 2 aromatic carbocycles. The van der Waals surface area contributed by atoms with E-state index in [9.17, 15) is 14.4 Å². The van der Waals surface area contributed by atoms with Gasteiger partial charge in [-0.1, -0.05) is 36.4 Å². The zero-order valence-corrected chi connectivity index (χ0v) is 20.2. The molecular weight excluding hydrogens is 456 g/mol. The molecule has 4 heterocycles. The van der Waals surface area contributed by atoms with Gasteiger partial charge >= 0.3 is 17.9 Å². The lowest BCUT2D eigenvalue weighted by atomic mass is 9.90. The summed E-state index contributed by atoms with van der Waals surface area (Å²) in [4.78, 5) is 38.0. The largest absolute Gasteiger partial charge is 0.466 e. The standard InChI is InChI=1S/C29H26N2O5/c1-17(32)35-16-18-8-7-13-31-23-12-6-4-10-20(23)25(24(31)14-18)27-26(28(33)36-29(27)34)21-15-30(2)22-11-5-3-9-19(21)22/h3-6,9-12,15,18H,7-8,13-14,16H2,1-2H3. The molecule has 0 amide bonds. The first-order chi connectivity index (χ1) is 17.4. The van der Waals surface area contributed by atoms with Gasteiger partial charge in [0.1, 0.15) is 0 Å². The first kappa shape index (κ1) is 22.3. The lowest BCUT2D eigenvalue weighted by Crippen LogP contribution is -2.15. The Balaban J connectivity index is 1.62. The second-order valence-electron chi connectivity index (χ2n) is 9.60. The van der Waals surface area contributed by atoms with Gasteiger partial charge in [-0.05, 0) is 37.3 Å². The van der Waals surface area contributed by atoms with Crippen molar-refractivity contribution >= 4 is 50.9 Å². The van der Waals surface area contributed by atoms with E-state index in [1.807, 2.05) is 60.3 Å². The van der Waals surface area contributed by atoms with E-state index in [1.165, 1.54) is 6.92 Å². The van der Waals surface area contributed by atoms with Gasteiger partial charge in [0, 0.05) is 65.3 Å². The quantitative estimate of drug-likeness (QED) is 0.313. The molecule has 2 aliphatic rings. The molecule has 2 aromatic heterocycles. The van der Waals surface area contributed by atoms with Crippen molar-refractivity contribution in [1.29, 1.82) is 0 Å². The van der Waals surface area contributed by atoms with Crippen LogP contribution >= 0.6 is 0 Å². The molecule has 0 spiro atoms. The Labute approximate surface area is 207 Å². The number of hydrogen-bond donors (Lipinski definition) is 0. The van der Waals surface area contributed by atoms with Crippen LogP contribution in [-0.2, 0) is 43.9 Å². The normalized spacial score (nSPS) is 18.0. The fraction of sp³-hybridized carbons (Fsp3) is 0.276. The van der Waals surface area contributed by atoms with E-state index >= 15 is 0 Å². The van der Waals surface area contributed by atoms with E-state index in [4.69, 9.17) is 9.47 Å². The molecule has 0 saturated carbocycles. The second-order valence-corrected chi connectivity index (χ2v) is 9.60. The number of aryl methyl sites for hydroxylation is 2. The van der Waals surface area contributed by atoms with Crippen LogP contribution in [0.1, 0.15) is 36.6 Å². The van der Waals surface area contributed by atoms with Gasteiger partial charge in [0.05, 0.1) is 17.8 Å². The number of carbonyl (C=O) groups excluding carboxylic acids is 3. The van der Waals surface area contributed by atoms with Crippen LogP contribution in [0.25, 0.3) is 33.0 Å². The number of aromatic nitrogens is 2. The SMILES string of the molecule is CC(=O)OCC1CCCn2c(c(C3=C(c4cn(C)c5ccccc45)C(=O)OC3=O)c3ccccc32)C1. The highest BCUT2D eigenvalue weighted by atomic mass is 16.6. The highest BCUT2D eigenvalue weighted by Crippen LogP contribution is 2.43. The van der Waals surface area contributed by atoms with E-state index in [-0.39, 0.29) is 11.9 Å². The van der Waals surface area contributed by atoms with E-state index in [1.54, 1.807) is 0 Å². The summed E-state index contributed by atoms with van der Waals surface area (Å²) < 4.78 is 14.8. The summed E-state index contributed by atoms with van der Waals surface area (Å²) in [5, 5.41) is 1.81. The second kappa shape index (κ2) is 8.52. The average molecular weight is 483 g/mol. The zero-order valence-electron chi connectivity index (χ0n) is 20.2. The van der Waals surface area contributed by atoms with E-state index in [0.717, 1.165) is 52.4 Å². The molecule has 0 radical (unpaired) electrons. The summed E-state index contributed by atoms with van der Waals surface area (Å²) in [7, 11) is 1.92. The van der Waals surface area contributed by atoms with Gasteiger partial charge in [0.25, 0.3) is 0 Å². The number of fused-ring (bicyclic) bond motifs is 4. The van der Waals surface area contributed by atoms with Gasteiger partial charge < -0.3 is 18.6 Å². The minimum atomic E-state index is -0.625. The summed E-state index contributed by atoms with van der Waals surface area (Å²) in [6, 6.07) is 15.8. The molecule has 2 aliphatic heterocycles. The monoisotopic (exact) mass is 482 g/mol. The van der Waals surface area contributed by atoms with Gasteiger partial charge in [0.2, 0.25) is 0 Å². The highest BCUT2D eigenvalue weighted by molar-refractivity contribution is 6.47. The van der Waals surface area contributed by atoms with Gasteiger partial charge in [-0.3, -0.25) is 4.79 Å². The third kappa shape index (κ3) is 3.46. The van der Waals surface area contributed by atoms with Crippen molar-refractivity contribution in [2.45, 2.75) is 32.7 Å². The number of para-hydroxylation sites is 2. The number of rotatable bonds is 4. The van der Waals surface area contributed by atoms with Crippen LogP contribution in [0, 0.1) is 5.92 Å². The summed E-state index contributed by atoms with van der Waals surface area (Å²) in [5.74, 6) is -1.43. The number of hydrogen-bond acceptors (Lipinski definition) is 5. The first-order valence-corrected chi connectivity index (χ1v) is 12.2. The number of ether oxygens (including phenoxy) is 2.